The zero-order chi connectivity index (χ0) is 19.5. The summed E-state index contributed by atoms with van der Waals surface area (Å²) in [6, 6.07) is 11.9. The van der Waals surface area contributed by atoms with Crippen LogP contribution in [0.1, 0.15) is 24.0 Å². The molecule has 1 unspecified atom stereocenters. The summed E-state index contributed by atoms with van der Waals surface area (Å²) in [5.41, 5.74) is 2.08. The molecule has 1 fully saturated rings. The summed E-state index contributed by atoms with van der Waals surface area (Å²) < 4.78 is 16.4. The molecule has 7 heteroatoms. The van der Waals surface area contributed by atoms with Crippen molar-refractivity contribution in [2.24, 2.45) is 0 Å². The van der Waals surface area contributed by atoms with Crippen LogP contribution in [-0.2, 0) is 17.9 Å². The van der Waals surface area contributed by atoms with Crippen molar-refractivity contribution in [1.82, 2.24) is 4.90 Å². The SMILES string of the molecule is OC(COCc1ccc2c(c1)OCO2)CN(Cc1ccc(Cl)c(Cl)c1)C1CC1. The topological polar surface area (TPSA) is 51.2 Å². The third-order valence-electron chi connectivity index (χ3n) is 4.89. The first-order valence-electron chi connectivity index (χ1n) is 9.41. The Morgan fingerprint density at radius 1 is 1.04 bits per heavy atom. The summed E-state index contributed by atoms with van der Waals surface area (Å²) >= 11 is 12.1. The summed E-state index contributed by atoms with van der Waals surface area (Å²) in [4.78, 5) is 2.29. The quantitative estimate of drug-likeness (QED) is 0.652. The molecule has 0 bridgehead atoms. The molecule has 1 N–H and O–H groups in total. The highest BCUT2D eigenvalue weighted by Crippen LogP contribution is 2.33. The molecule has 5 nitrogen and oxygen atoms in total. The van der Waals surface area contributed by atoms with E-state index in [0.717, 1.165) is 42.0 Å². The van der Waals surface area contributed by atoms with Crippen molar-refractivity contribution in [2.75, 3.05) is 19.9 Å². The first-order chi connectivity index (χ1) is 13.6. The Balaban J connectivity index is 1.26. The van der Waals surface area contributed by atoms with Gasteiger partial charge in [-0.2, -0.15) is 0 Å². The molecule has 150 valence electrons. The molecule has 1 saturated carbocycles. The molecule has 2 aliphatic rings. The summed E-state index contributed by atoms with van der Waals surface area (Å²) in [5.74, 6) is 1.49. The number of hydrogen-bond donors (Lipinski definition) is 1. The lowest BCUT2D eigenvalue weighted by molar-refractivity contribution is 0.00703. The van der Waals surface area contributed by atoms with Gasteiger partial charge in [-0.05, 0) is 48.2 Å². The number of halogens is 2. The van der Waals surface area contributed by atoms with Gasteiger partial charge in [0.25, 0.3) is 0 Å². The fourth-order valence-corrected chi connectivity index (χ4v) is 3.64. The van der Waals surface area contributed by atoms with Crippen molar-refractivity contribution in [3.8, 4) is 11.5 Å². The minimum Gasteiger partial charge on any atom is -0.454 e. The van der Waals surface area contributed by atoms with Crippen LogP contribution in [-0.4, -0.2) is 42.1 Å². The Morgan fingerprint density at radius 2 is 1.82 bits per heavy atom. The zero-order valence-corrected chi connectivity index (χ0v) is 17.0. The van der Waals surface area contributed by atoms with Crippen molar-refractivity contribution < 1.29 is 19.3 Å². The maximum atomic E-state index is 10.4. The Labute approximate surface area is 174 Å². The lowest BCUT2D eigenvalue weighted by Crippen LogP contribution is -2.36. The number of rotatable bonds is 9. The van der Waals surface area contributed by atoms with Crippen LogP contribution < -0.4 is 9.47 Å². The minimum absolute atomic E-state index is 0.258. The Kier molecular flexibility index (Phi) is 6.28. The van der Waals surface area contributed by atoms with Gasteiger partial charge in [0, 0.05) is 19.1 Å². The van der Waals surface area contributed by atoms with Crippen LogP contribution in [0.4, 0.5) is 0 Å². The van der Waals surface area contributed by atoms with E-state index in [2.05, 4.69) is 4.90 Å². The molecule has 2 aromatic rings. The van der Waals surface area contributed by atoms with Crippen LogP contribution >= 0.6 is 23.2 Å². The summed E-state index contributed by atoms with van der Waals surface area (Å²) in [7, 11) is 0. The van der Waals surface area contributed by atoms with E-state index in [1.54, 1.807) is 0 Å². The maximum absolute atomic E-state index is 10.4. The number of fused-ring (bicyclic) bond motifs is 1. The standard InChI is InChI=1S/C21H23Cl2NO4/c22-18-5-1-14(7-19(18)23)9-24(16-3-4-16)10-17(25)12-26-11-15-2-6-20-21(8-15)28-13-27-20/h1-2,5-8,16-17,25H,3-4,9-13H2. The van der Waals surface area contributed by atoms with Crippen LogP contribution in [0.3, 0.4) is 0 Å². The second-order valence-electron chi connectivity index (χ2n) is 7.27. The number of hydrogen-bond acceptors (Lipinski definition) is 5. The van der Waals surface area contributed by atoms with E-state index in [0.29, 0.717) is 29.2 Å². The van der Waals surface area contributed by atoms with Crippen molar-refractivity contribution in [3.05, 3.63) is 57.6 Å². The normalized spacial score (nSPS) is 16.6. The Hall–Kier alpha value is -1.50. The number of aliphatic hydroxyl groups excluding tert-OH is 1. The summed E-state index contributed by atoms with van der Waals surface area (Å²) in [6.45, 7) is 2.25. The maximum Gasteiger partial charge on any atom is 0.231 e. The van der Waals surface area contributed by atoms with Gasteiger partial charge >= 0.3 is 0 Å². The molecule has 0 saturated heterocycles. The fourth-order valence-electron chi connectivity index (χ4n) is 3.32. The van der Waals surface area contributed by atoms with E-state index in [1.807, 2.05) is 36.4 Å². The molecule has 28 heavy (non-hydrogen) atoms. The highest BCUT2D eigenvalue weighted by atomic mass is 35.5. The second kappa shape index (κ2) is 8.89. The Bertz CT molecular complexity index is 828. The largest absolute Gasteiger partial charge is 0.454 e. The monoisotopic (exact) mass is 423 g/mol. The smallest absolute Gasteiger partial charge is 0.231 e. The van der Waals surface area contributed by atoms with Crippen LogP contribution in [0.2, 0.25) is 10.0 Å². The molecular formula is C21H23Cl2NO4. The van der Waals surface area contributed by atoms with Crippen LogP contribution in [0.15, 0.2) is 36.4 Å². The molecule has 0 aromatic heterocycles. The molecule has 4 rings (SSSR count). The third-order valence-corrected chi connectivity index (χ3v) is 5.63. The number of aliphatic hydroxyl groups is 1. The van der Waals surface area contributed by atoms with Gasteiger partial charge in [0.15, 0.2) is 11.5 Å². The summed E-state index contributed by atoms with van der Waals surface area (Å²) in [6.07, 6.45) is 1.76. The number of ether oxygens (including phenoxy) is 3. The van der Waals surface area contributed by atoms with E-state index in [9.17, 15) is 5.11 Å². The lowest BCUT2D eigenvalue weighted by Gasteiger charge is -2.25. The highest BCUT2D eigenvalue weighted by molar-refractivity contribution is 6.42. The van der Waals surface area contributed by atoms with Gasteiger partial charge < -0.3 is 19.3 Å². The predicted molar refractivity (Wildman–Crippen MR) is 108 cm³/mol. The molecule has 1 heterocycles. The number of nitrogens with zero attached hydrogens (tertiary/aromatic N) is 1. The lowest BCUT2D eigenvalue weighted by atomic mass is 10.2. The summed E-state index contributed by atoms with van der Waals surface area (Å²) in [5, 5.41) is 11.6. The van der Waals surface area contributed by atoms with E-state index in [1.165, 1.54) is 0 Å². The molecule has 1 aliphatic heterocycles. The van der Waals surface area contributed by atoms with Gasteiger partial charge in [0.2, 0.25) is 6.79 Å². The third kappa shape index (κ3) is 5.10. The van der Waals surface area contributed by atoms with Crippen molar-refractivity contribution >= 4 is 23.2 Å². The van der Waals surface area contributed by atoms with Gasteiger partial charge in [-0.25, -0.2) is 0 Å². The molecule has 0 spiro atoms. The van der Waals surface area contributed by atoms with Crippen LogP contribution in [0, 0.1) is 0 Å². The molecule has 0 amide bonds. The van der Waals surface area contributed by atoms with E-state index in [4.69, 9.17) is 37.4 Å². The second-order valence-corrected chi connectivity index (χ2v) is 8.08. The number of benzene rings is 2. The van der Waals surface area contributed by atoms with E-state index < -0.39 is 6.10 Å². The molecule has 1 aliphatic carbocycles. The van der Waals surface area contributed by atoms with Gasteiger partial charge in [-0.1, -0.05) is 35.3 Å². The first kappa shape index (κ1) is 19.8. The Morgan fingerprint density at radius 3 is 2.61 bits per heavy atom. The van der Waals surface area contributed by atoms with Crippen molar-refractivity contribution in [2.45, 2.75) is 38.1 Å². The highest BCUT2D eigenvalue weighted by Gasteiger charge is 2.30. The fraction of sp³-hybridized carbons (Fsp3) is 0.429. The average Bonchev–Trinajstić information content (AvgIpc) is 3.42. The first-order valence-corrected chi connectivity index (χ1v) is 10.2. The van der Waals surface area contributed by atoms with Crippen LogP contribution in [0.5, 0.6) is 11.5 Å². The van der Waals surface area contributed by atoms with Gasteiger partial charge in [-0.3, -0.25) is 4.90 Å². The van der Waals surface area contributed by atoms with E-state index in [-0.39, 0.29) is 13.4 Å². The minimum atomic E-state index is -0.558. The van der Waals surface area contributed by atoms with Gasteiger partial charge in [0.1, 0.15) is 0 Å². The van der Waals surface area contributed by atoms with Crippen molar-refractivity contribution in [1.29, 1.82) is 0 Å². The zero-order valence-electron chi connectivity index (χ0n) is 15.4. The van der Waals surface area contributed by atoms with Gasteiger partial charge in [0.05, 0.1) is 29.4 Å². The molecule has 0 radical (unpaired) electrons. The molecule has 2 aromatic carbocycles. The van der Waals surface area contributed by atoms with Crippen molar-refractivity contribution in [3.63, 3.8) is 0 Å². The molecule has 1 atom stereocenters. The predicted octanol–water partition coefficient (Wildman–Crippen LogP) is 4.26. The van der Waals surface area contributed by atoms with E-state index >= 15 is 0 Å². The van der Waals surface area contributed by atoms with Crippen LogP contribution in [0.25, 0.3) is 0 Å². The average molecular weight is 424 g/mol. The molecular weight excluding hydrogens is 401 g/mol. The van der Waals surface area contributed by atoms with Gasteiger partial charge in [-0.15, -0.1) is 0 Å².